The van der Waals surface area contributed by atoms with E-state index in [-0.39, 0.29) is 30.3 Å². The summed E-state index contributed by atoms with van der Waals surface area (Å²) in [5, 5.41) is 0. The van der Waals surface area contributed by atoms with Gasteiger partial charge in [-0.2, -0.15) is 0 Å². The van der Waals surface area contributed by atoms with Crippen molar-refractivity contribution in [1.29, 1.82) is 0 Å². The quantitative estimate of drug-likeness (QED) is 0.472. The van der Waals surface area contributed by atoms with Crippen LogP contribution < -0.4 is 16.0 Å². The Morgan fingerprint density at radius 2 is 1.91 bits per heavy atom. The molecule has 0 bridgehead atoms. The average molecular weight is 477 g/mol. The van der Waals surface area contributed by atoms with Crippen LogP contribution in [0.25, 0.3) is 0 Å². The molecule has 1 aromatic carbocycles. The molecule has 1 heterocycles. The zero-order valence-corrected chi connectivity index (χ0v) is 19.6. The summed E-state index contributed by atoms with van der Waals surface area (Å²) in [6.45, 7) is 0.912. The van der Waals surface area contributed by atoms with E-state index in [0.717, 1.165) is 43.6 Å². The number of benzene rings is 1. The van der Waals surface area contributed by atoms with Crippen LogP contribution in [0.3, 0.4) is 0 Å². The highest BCUT2D eigenvalue weighted by Crippen LogP contribution is 2.43. The van der Waals surface area contributed by atoms with Crippen LogP contribution in [0, 0.1) is 5.92 Å². The van der Waals surface area contributed by atoms with Gasteiger partial charge in [-0.25, -0.2) is 13.2 Å². The average Bonchev–Trinajstić information content (AvgIpc) is 3.50. The minimum atomic E-state index is -3.30. The van der Waals surface area contributed by atoms with Crippen molar-refractivity contribution in [1.82, 2.24) is 9.55 Å². The second-order valence-electron chi connectivity index (χ2n) is 9.33. The number of hydrogen-bond donors (Lipinski definition) is 1. The lowest BCUT2D eigenvalue weighted by Crippen LogP contribution is -2.33. The molecule has 2 aromatic rings. The van der Waals surface area contributed by atoms with Crippen molar-refractivity contribution in [2.75, 3.05) is 24.7 Å². The smallest absolute Gasteiger partial charge is 0.330 e. The van der Waals surface area contributed by atoms with Gasteiger partial charge < -0.3 is 9.47 Å². The highest BCUT2D eigenvalue weighted by molar-refractivity contribution is 7.91. The zero-order valence-electron chi connectivity index (χ0n) is 18.8. The first-order chi connectivity index (χ1) is 15.9. The lowest BCUT2D eigenvalue weighted by Gasteiger charge is -2.30. The lowest BCUT2D eigenvalue weighted by molar-refractivity contribution is 0.0745. The first kappa shape index (κ1) is 23.8. The molecule has 0 aliphatic heterocycles. The van der Waals surface area contributed by atoms with Gasteiger partial charge in [-0.1, -0.05) is 25.0 Å². The fraction of sp³-hybridized carbons (Fsp3) is 0.583. The third kappa shape index (κ3) is 6.57. The highest BCUT2D eigenvalue weighted by atomic mass is 32.2. The van der Waals surface area contributed by atoms with Crippen molar-refractivity contribution in [2.24, 2.45) is 5.92 Å². The number of aromatic amines is 1. The standard InChI is InChI=1S/C24H32N2O6S/c27-22-9-12-26(23(28)25-22)18-31-13-4-14-33(29,30)17-24(10-1-2-11-24)20-5-3-6-21(15-20)32-16-19-7-8-19/h3,5-6,9,12,15,19H,1-2,4,7-8,10-11,13-14,16-18H2,(H,25,27,28). The summed E-state index contributed by atoms with van der Waals surface area (Å²) >= 11 is 0. The summed E-state index contributed by atoms with van der Waals surface area (Å²) in [6, 6.07) is 9.23. The number of ether oxygens (including phenoxy) is 2. The molecule has 0 saturated heterocycles. The van der Waals surface area contributed by atoms with Gasteiger partial charge >= 0.3 is 5.69 Å². The van der Waals surface area contributed by atoms with Gasteiger partial charge in [0.2, 0.25) is 0 Å². The molecule has 2 aliphatic rings. The molecule has 2 fully saturated rings. The molecule has 33 heavy (non-hydrogen) atoms. The van der Waals surface area contributed by atoms with Crippen molar-refractivity contribution in [3.05, 3.63) is 62.9 Å². The monoisotopic (exact) mass is 476 g/mol. The molecule has 2 saturated carbocycles. The van der Waals surface area contributed by atoms with E-state index in [9.17, 15) is 18.0 Å². The first-order valence-corrected chi connectivity index (χ1v) is 13.5. The van der Waals surface area contributed by atoms with E-state index >= 15 is 0 Å². The molecule has 2 aliphatic carbocycles. The Morgan fingerprint density at radius 1 is 1.12 bits per heavy atom. The predicted octanol–water partition coefficient (Wildman–Crippen LogP) is 2.62. The van der Waals surface area contributed by atoms with Crippen LogP contribution in [-0.2, 0) is 26.7 Å². The van der Waals surface area contributed by atoms with Crippen LogP contribution >= 0.6 is 0 Å². The van der Waals surface area contributed by atoms with Crippen LogP contribution in [0.4, 0.5) is 0 Å². The fourth-order valence-electron chi connectivity index (χ4n) is 4.57. The van der Waals surface area contributed by atoms with Crippen LogP contribution in [0.2, 0.25) is 0 Å². The molecule has 0 radical (unpaired) electrons. The lowest BCUT2D eigenvalue weighted by atomic mass is 9.81. The van der Waals surface area contributed by atoms with Gasteiger partial charge in [0.15, 0.2) is 9.84 Å². The summed E-state index contributed by atoms with van der Waals surface area (Å²) in [7, 11) is -3.30. The second kappa shape index (κ2) is 10.3. The third-order valence-corrected chi connectivity index (χ3v) is 8.46. The highest BCUT2D eigenvalue weighted by Gasteiger charge is 2.39. The molecule has 0 atom stereocenters. The number of H-pyrrole nitrogens is 1. The third-order valence-electron chi connectivity index (χ3n) is 6.56. The fourth-order valence-corrected chi connectivity index (χ4v) is 6.56. The molecular formula is C24H32N2O6S. The molecule has 1 N–H and O–H groups in total. The molecule has 1 aromatic heterocycles. The van der Waals surface area contributed by atoms with Crippen molar-refractivity contribution in [3.63, 3.8) is 0 Å². The van der Waals surface area contributed by atoms with Crippen molar-refractivity contribution >= 4 is 9.84 Å². The van der Waals surface area contributed by atoms with E-state index in [0.29, 0.717) is 12.3 Å². The van der Waals surface area contributed by atoms with Gasteiger partial charge in [0.05, 0.1) is 18.1 Å². The van der Waals surface area contributed by atoms with Gasteiger partial charge in [0.1, 0.15) is 12.5 Å². The summed E-state index contributed by atoms with van der Waals surface area (Å²) in [6.07, 6.45) is 7.94. The van der Waals surface area contributed by atoms with Crippen LogP contribution in [0.15, 0.2) is 46.1 Å². The molecule has 9 heteroatoms. The topological polar surface area (TPSA) is 107 Å². The van der Waals surface area contributed by atoms with E-state index in [4.69, 9.17) is 9.47 Å². The molecule has 0 unspecified atom stereocenters. The largest absolute Gasteiger partial charge is 0.493 e. The molecule has 8 nitrogen and oxygen atoms in total. The number of rotatable bonds is 12. The van der Waals surface area contributed by atoms with Crippen molar-refractivity contribution in [2.45, 2.75) is 57.1 Å². The minimum absolute atomic E-state index is 0.0345. The van der Waals surface area contributed by atoms with Crippen LogP contribution in [0.5, 0.6) is 5.75 Å². The first-order valence-electron chi connectivity index (χ1n) is 11.7. The Bertz CT molecular complexity index is 1160. The van der Waals surface area contributed by atoms with E-state index < -0.39 is 21.1 Å². The van der Waals surface area contributed by atoms with E-state index in [1.165, 1.54) is 29.7 Å². The zero-order chi connectivity index (χ0) is 23.3. The van der Waals surface area contributed by atoms with Gasteiger partial charge in [0.25, 0.3) is 5.56 Å². The van der Waals surface area contributed by atoms with Crippen molar-refractivity contribution < 1.29 is 17.9 Å². The Balaban J connectivity index is 1.32. The summed E-state index contributed by atoms with van der Waals surface area (Å²) in [4.78, 5) is 24.9. The Labute approximate surface area is 193 Å². The maximum absolute atomic E-state index is 13.0. The molecule has 0 spiro atoms. The maximum Gasteiger partial charge on any atom is 0.330 e. The number of hydrogen-bond acceptors (Lipinski definition) is 6. The normalized spacial score (nSPS) is 17.8. The summed E-state index contributed by atoms with van der Waals surface area (Å²) in [5.41, 5.74) is -0.322. The van der Waals surface area contributed by atoms with Gasteiger partial charge in [-0.05, 0) is 55.7 Å². The van der Waals surface area contributed by atoms with Gasteiger partial charge in [-0.3, -0.25) is 14.3 Å². The number of nitrogens with one attached hydrogen (secondary N) is 1. The number of nitrogens with zero attached hydrogens (tertiary/aromatic N) is 1. The maximum atomic E-state index is 13.0. The SMILES string of the molecule is O=c1ccn(COCCCS(=O)(=O)CC2(c3cccc(OCC4CC4)c3)CCCC2)c(=O)[nH]1. The Hall–Kier alpha value is -2.39. The minimum Gasteiger partial charge on any atom is -0.493 e. The molecular weight excluding hydrogens is 444 g/mol. The Kier molecular flexibility index (Phi) is 7.38. The Morgan fingerprint density at radius 3 is 2.64 bits per heavy atom. The predicted molar refractivity (Wildman–Crippen MR) is 125 cm³/mol. The summed E-state index contributed by atoms with van der Waals surface area (Å²) in [5.74, 6) is 1.66. The van der Waals surface area contributed by atoms with E-state index in [1.54, 1.807) is 0 Å². The summed E-state index contributed by atoms with van der Waals surface area (Å²) < 4.78 is 38.6. The molecule has 180 valence electrons. The number of sulfone groups is 1. The van der Waals surface area contributed by atoms with Gasteiger partial charge in [0, 0.05) is 24.3 Å². The van der Waals surface area contributed by atoms with Crippen LogP contribution in [-0.4, -0.2) is 42.7 Å². The van der Waals surface area contributed by atoms with Crippen molar-refractivity contribution in [3.8, 4) is 5.75 Å². The molecule has 0 amide bonds. The number of aromatic nitrogens is 2. The van der Waals surface area contributed by atoms with E-state index in [1.807, 2.05) is 24.3 Å². The van der Waals surface area contributed by atoms with Crippen LogP contribution in [0.1, 0.15) is 50.5 Å². The van der Waals surface area contributed by atoms with E-state index in [2.05, 4.69) is 4.98 Å². The second-order valence-corrected chi connectivity index (χ2v) is 11.5. The van der Waals surface area contributed by atoms with Gasteiger partial charge in [-0.15, -0.1) is 0 Å². The molecule has 4 rings (SSSR count).